The molecule has 1 atom stereocenters. The van der Waals surface area contributed by atoms with Gasteiger partial charge in [-0.25, -0.2) is 16.8 Å². The number of rotatable bonds is 7. The normalized spacial score (nSPS) is 13.9. The minimum Gasteiger partial charge on any atom is -0.382 e. The Balaban J connectivity index is 3.21. The van der Waals surface area contributed by atoms with Crippen LogP contribution in [0.25, 0.3) is 0 Å². The maximum atomic E-state index is 11.9. The molecule has 1 aromatic rings. The van der Waals surface area contributed by atoms with Gasteiger partial charge in [0.1, 0.15) is 0 Å². The van der Waals surface area contributed by atoms with Crippen LogP contribution in [0.3, 0.4) is 0 Å². The van der Waals surface area contributed by atoms with Crippen molar-refractivity contribution in [1.82, 2.24) is 0 Å². The van der Waals surface area contributed by atoms with Crippen molar-refractivity contribution in [1.29, 1.82) is 0 Å². The molecule has 0 aliphatic rings. The van der Waals surface area contributed by atoms with E-state index in [0.717, 1.165) is 25.4 Å². The number of anilines is 1. The molecule has 0 saturated carbocycles. The molecule has 0 saturated heterocycles. The van der Waals surface area contributed by atoms with E-state index >= 15 is 0 Å². The summed E-state index contributed by atoms with van der Waals surface area (Å²) in [5.74, 6) is 0.540. The molecule has 21 heavy (non-hydrogen) atoms. The summed E-state index contributed by atoms with van der Waals surface area (Å²) in [4.78, 5) is -0.0231. The molecular formula is C13H20ClNO4S2. The Bertz CT molecular complexity index is 699. The van der Waals surface area contributed by atoms with Crippen molar-refractivity contribution in [3.8, 4) is 0 Å². The Morgan fingerprint density at radius 2 is 1.76 bits per heavy atom. The highest BCUT2D eigenvalue weighted by Gasteiger charge is 2.18. The van der Waals surface area contributed by atoms with E-state index in [0.29, 0.717) is 11.6 Å². The summed E-state index contributed by atoms with van der Waals surface area (Å²) in [5.41, 5.74) is 0.409. The molecule has 1 unspecified atom stereocenters. The van der Waals surface area contributed by atoms with Crippen molar-refractivity contribution in [3.05, 3.63) is 18.2 Å². The minimum atomic E-state index is -3.54. The molecule has 0 spiro atoms. The third-order valence-electron chi connectivity index (χ3n) is 2.95. The molecule has 0 heterocycles. The van der Waals surface area contributed by atoms with Crippen molar-refractivity contribution in [2.45, 2.75) is 35.6 Å². The molecule has 0 amide bonds. The van der Waals surface area contributed by atoms with E-state index in [9.17, 15) is 16.8 Å². The minimum absolute atomic E-state index is 0.0110. The van der Waals surface area contributed by atoms with Gasteiger partial charge in [-0.15, -0.1) is 11.6 Å². The van der Waals surface area contributed by atoms with Crippen LogP contribution in [0.15, 0.2) is 28.0 Å². The molecule has 1 aromatic carbocycles. The van der Waals surface area contributed by atoms with Gasteiger partial charge < -0.3 is 5.32 Å². The fraction of sp³-hybridized carbons (Fsp3) is 0.538. The van der Waals surface area contributed by atoms with E-state index in [4.69, 9.17) is 11.6 Å². The quantitative estimate of drug-likeness (QED) is 0.761. The van der Waals surface area contributed by atoms with Crippen molar-refractivity contribution < 1.29 is 16.8 Å². The molecule has 1 rings (SSSR count). The maximum Gasteiger partial charge on any atom is 0.177 e. The summed E-state index contributed by atoms with van der Waals surface area (Å²) in [6, 6.07) is 4.12. The number of benzene rings is 1. The Kier molecular flexibility index (Phi) is 6.07. The van der Waals surface area contributed by atoms with Crippen LogP contribution in [0.1, 0.15) is 19.8 Å². The third kappa shape index (κ3) is 5.48. The lowest BCUT2D eigenvalue weighted by Gasteiger charge is -2.17. The lowest BCUT2D eigenvalue weighted by molar-refractivity contribution is 0.600. The largest absolute Gasteiger partial charge is 0.382 e. The van der Waals surface area contributed by atoms with Gasteiger partial charge >= 0.3 is 0 Å². The summed E-state index contributed by atoms with van der Waals surface area (Å²) < 4.78 is 46.9. The Morgan fingerprint density at radius 1 is 1.14 bits per heavy atom. The van der Waals surface area contributed by atoms with E-state index in [2.05, 4.69) is 5.32 Å². The van der Waals surface area contributed by atoms with Crippen LogP contribution in [0, 0.1) is 0 Å². The van der Waals surface area contributed by atoms with Crippen molar-refractivity contribution in [3.63, 3.8) is 0 Å². The SMILES string of the molecule is CC(CCCCl)Nc1ccc(S(C)(=O)=O)cc1S(C)(=O)=O. The van der Waals surface area contributed by atoms with Crippen LogP contribution < -0.4 is 5.32 Å². The highest BCUT2D eigenvalue weighted by atomic mass is 35.5. The van der Waals surface area contributed by atoms with Crippen molar-refractivity contribution in [2.24, 2.45) is 0 Å². The topological polar surface area (TPSA) is 80.3 Å². The van der Waals surface area contributed by atoms with Gasteiger partial charge in [0.25, 0.3) is 0 Å². The number of nitrogens with one attached hydrogen (secondary N) is 1. The zero-order valence-corrected chi connectivity index (χ0v) is 14.6. The molecule has 0 aliphatic carbocycles. The third-order valence-corrected chi connectivity index (χ3v) is 5.47. The van der Waals surface area contributed by atoms with Gasteiger partial charge in [-0.05, 0) is 38.0 Å². The molecule has 0 bridgehead atoms. The molecule has 8 heteroatoms. The van der Waals surface area contributed by atoms with Crippen LogP contribution in [0.4, 0.5) is 5.69 Å². The van der Waals surface area contributed by atoms with Gasteiger partial charge in [0, 0.05) is 24.4 Å². The molecule has 1 N–H and O–H groups in total. The zero-order chi connectivity index (χ0) is 16.3. The lowest BCUT2D eigenvalue weighted by atomic mass is 10.2. The summed E-state index contributed by atoms with van der Waals surface area (Å²) in [5, 5.41) is 3.10. The van der Waals surface area contributed by atoms with E-state index in [1.165, 1.54) is 18.2 Å². The van der Waals surface area contributed by atoms with Gasteiger partial charge in [-0.2, -0.15) is 0 Å². The van der Waals surface area contributed by atoms with Gasteiger partial charge in [-0.3, -0.25) is 0 Å². The van der Waals surface area contributed by atoms with Gasteiger partial charge in [-0.1, -0.05) is 0 Å². The summed E-state index contributed by atoms with van der Waals surface area (Å²) >= 11 is 5.63. The number of alkyl halides is 1. The van der Waals surface area contributed by atoms with Gasteiger partial charge in [0.15, 0.2) is 19.7 Å². The van der Waals surface area contributed by atoms with Crippen LogP contribution in [-0.2, 0) is 19.7 Å². The average Bonchev–Trinajstić information content (AvgIpc) is 2.34. The molecule has 0 radical (unpaired) electrons. The Hall–Kier alpha value is -0.790. The second-order valence-electron chi connectivity index (χ2n) is 5.08. The Labute approximate surface area is 131 Å². The fourth-order valence-electron chi connectivity index (χ4n) is 1.88. The number of hydrogen-bond donors (Lipinski definition) is 1. The fourth-order valence-corrected chi connectivity index (χ4v) is 3.62. The molecule has 120 valence electrons. The smallest absolute Gasteiger partial charge is 0.177 e. The first-order valence-electron chi connectivity index (χ1n) is 6.42. The predicted molar refractivity (Wildman–Crippen MR) is 85.7 cm³/mol. The standard InChI is InChI=1S/C13H20ClNO4S2/c1-10(5-4-8-14)15-12-7-6-11(20(2,16)17)9-13(12)21(3,18)19/h6-7,9-10,15H,4-5,8H2,1-3H3. The molecule has 0 aliphatic heterocycles. The molecule has 0 fully saturated rings. The van der Waals surface area contributed by atoms with E-state index in [1.807, 2.05) is 6.92 Å². The summed E-state index contributed by atoms with van der Waals surface area (Å²) in [7, 11) is -6.99. The van der Waals surface area contributed by atoms with Crippen molar-refractivity contribution in [2.75, 3.05) is 23.7 Å². The number of sulfone groups is 2. The zero-order valence-electron chi connectivity index (χ0n) is 12.3. The first-order valence-corrected chi connectivity index (χ1v) is 10.7. The monoisotopic (exact) mass is 353 g/mol. The highest BCUT2D eigenvalue weighted by molar-refractivity contribution is 7.91. The second kappa shape index (κ2) is 6.98. The first-order chi connectivity index (χ1) is 9.55. The van der Waals surface area contributed by atoms with E-state index < -0.39 is 19.7 Å². The van der Waals surface area contributed by atoms with Gasteiger partial charge in [0.05, 0.1) is 15.5 Å². The highest BCUT2D eigenvalue weighted by Crippen LogP contribution is 2.26. The van der Waals surface area contributed by atoms with Crippen LogP contribution >= 0.6 is 11.6 Å². The average molecular weight is 354 g/mol. The number of hydrogen-bond acceptors (Lipinski definition) is 5. The van der Waals surface area contributed by atoms with E-state index in [-0.39, 0.29) is 15.8 Å². The predicted octanol–water partition coefficient (Wildman–Crippen LogP) is 2.31. The van der Waals surface area contributed by atoms with Gasteiger partial charge in [0.2, 0.25) is 0 Å². The maximum absolute atomic E-state index is 11.9. The van der Waals surface area contributed by atoms with Crippen LogP contribution in [0.5, 0.6) is 0 Å². The first kappa shape index (κ1) is 18.3. The summed E-state index contributed by atoms with van der Waals surface area (Å²) in [6.07, 6.45) is 3.71. The molecule has 0 aromatic heterocycles. The Morgan fingerprint density at radius 3 is 2.24 bits per heavy atom. The second-order valence-corrected chi connectivity index (χ2v) is 9.46. The lowest BCUT2D eigenvalue weighted by Crippen LogP contribution is -2.17. The summed E-state index contributed by atoms with van der Waals surface area (Å²) in [6.45, 7) is 1.92. The van der Waals surface area contributed by atoms with Crippen LogP contribution in [-0.4, -0.2) is 41.3 Å². The number of halogens is 1. The van der Waals surface area contributed by atoms with Crippen LogP contribution in [0.2, 0.25) is 0 Å². The van der Waals surface area contributed by atoms with E-state index in [1.54, 1.807) is 0 Å². The van der Waals surface area contributed by atoms with Crippen molar-refractivity contribution >= 4 is 37.0 Å². The molecular weight excluding hydrogens is 334 g/mol. The molecule has 5 nitrogen and oxygen atoms in total.